The molecule has 0 spiro atoms. The Morgan fingerprint density at radius 1 is 0.453 bits per heavy atom. The molecule has 1 aliphatic rings. The highest BCUT2D eigenvalue weighted by molar-refractivity contribution is 5.74. The maximum absolute atomic E-state index is 13.1. The van der Waals surface area contributed by atoms with Gasteiger partial charge in [0.15, 0.2) is 24.6 Å². The molecule has 0 bridgehead atoms. The summed E-state index contributed by atoms with van der Waals surface area (Å²) in [6, 6.07) is 0. The summed E-state index contributed by atoms with van der Waals surface area (Å²) < 4.78 is 28.3. The summed E-state index contributed by atoms with van der Waals surface area (Å²) >= 11 is 0. The number of esters is 3. The third kappa shape index (κ3) is 40.6. The number of carboxylic acids is 1. The first-order valence-corrected chi connectivity index (χ1v) is 29.2. The smallest absolute Gasteiger partial charge is 0.335 e. The van der Waals surface area contributed by atoms with E-state index in [1.54, 1.807) is 0 Å². The van der Waals surface area contributed by atoms with Crippen LogP contribution >= 0.6 is 0 Å². The van der Waals surface area contributed by atoms with E-state index in [2.05, 4.69) is 112 Å². The molecule has 0 aromatic heterocycles. The van der Waals surface area contributed by atoms with E-state index >= 15 is 0 Å². The molecule has 0 aromatic carbocycles. The van der Waals surface area contributed by atoms with E-state index in [0.29, 0.717) is 25.7 Å². The van der Waals surface area contributed by atoms with Crippen molar-refractivity contribution in [3.8, 4) is 0 Å². The van der Waals surface area contributed by atoms with Crippen molar-refractivity contribution in [1.29, 1.82) is 0 Å². The third-order valence-electron chi connectivity index (χ3n) is 12.7. The maximum atomic E-state index is 13.1. The first-order valence-electron chi connectivity index (χ1n) is 29.2. The minimum atomic E-state index is -1.92. The molecule has 0 amide bonds. The monoisotopic (exact) mass is 1050 g/mol. The van der Waals surface area contributed by atoms with Crippen molar-refractivity contribution in [3.63, 3.8) is 0 Å². The summed E-state index contributed by atoms with van der Waals surface area (Å²) in [6.07, 6.45) is 53.8. The van der Waals surface area contributed by atoms with Gasteiger partial charge in [0.05, 0.1) is 6.61 Å². The zero-order valence-corrected chi connectivity index (χ0v) is 46.8. The Hall–Kier alpha value is -4.36. The summed E-state index contributed by atoms with van der Waals surface area (Å²) in [6.45, 7) is 5.70. The topological polar surface area (TPSA) is 175 Å². The number of ether oxygens (including phenoxy) is 5. The summed E-state index contributed by atoms with van der Waals surface area (Å²) in [5.74, 6) is -3.21. The lowest BCUT2D eigenvalue weighted by Gasteiger charge is -2.40. The molecule has 1 heterocycles. The number of aliphatic hydroxyl groups is 2. The van der Waals surface area contributed by atoms with Crippen molar-refractivity contribution in [2.45, 2.75) is 263 Å². The van der Waals surface area contributed by atoms with Crippen molar-refractivity contribution in [1.82, 2.24) is 0 Å². The van der Waals surface area contributed by atoms with E-state index in [-0.39, 0.29) is 25.9 Å². The van der Waals surface area contributed by atoms with Gasteiger partial charge in [0.1, 0.15) is 18.8 Å². The average Bonchev–Trinajstić information content (AvgIpc) is 3.39. The van der Waals surface area contributed by atoms with E-state index < -0.39 is 67.3 Å². The van der Waals surface area contributed by atoms with E-state index in [1.807, 2.05) is 6.08 Å². The number of carboxylic acid groups (broad SMARTS) is 1. The number of unbranched alkanes of at least 4 members (excludes halogenated alkanes) is 18. The number of carbonyl (C=O) groups is 4. The molecule has 0 saturated carbocycles. The Morgan fingerprint density at radius 3 is 1.32 bits per heavy atom. The van der Waals surface area contributed by atoms with E-state index in [4.69, 9.17) is 23.7 Å². The predicted octanol–water partition coefficient (Wildman–Crippen LogP) is 14.9. The number of carbonyl (C=O) groups excluding carboxylic acids is 3. The second kappa shape index (κ2) is 50.5. The van der Waals surface area contributed by atoms with Crippen molar-refractivity contribution in [3.05, 3.63) is 97.2 Å². The van der Waals surface area contributed by atoms with Crippen LogP contribution in [0.4, 0.5) is 0 Å². The van der Waals surface area contributed by atoms with Crippen molar-refractivity contribution < 1.29 is 58.2 Å². The SMILES string of the molecule is CC/C=C\C/C=C\C/C=C\C/C=C\C/C=C\CCCC(=O)OCC(COC1OC(C(=O)O)C(O)C(O)C1OC(=O)CCCCCCCCC/C=C\C/C=C\C/C=C\CC)OC(=O)CCCCCCCCCCCCC. The molecule has 75 heavy (non-hydrogen) atoms. The zero-order chi connectivity index (χ0) is 54.7. The van der Waals surface area contributed by atoms with Crippen LogP contribution in [0.25, 0.3) is 0 Å². The lowest BCUT2D eigenvalue weighted by atomic mass is 9.98. The Bertz CT molecular complexity index is 1670. The van der Waals surface area contributed by atoms with Gasteiger partial charge >= 0.3 is 23.9 Å². The summed E-state index contributed by atoms with van der Waals surface area (Å²) in [5.41, 5.74) is 0. The largest absolute Gasteiger partial charge is 0.479 e. The van der Waals surface area contributed by atoms with Crippen molar-refractivity contribution in [2.75, 3.05) is 13.2 Å². The number of rotatable bonds is 48. The van der Waals surface area contributed by atoms with Crippen LogP contribution in [-0.4, -0.2) is 89.2 Å². The van der Waals surface area contributed by atoms with E-state index in [0.717, 1.165) is 116 Å². The summed E-state index contributed by atoms with van der Waals surface area (Å²) in [7, 11) is 0. The minimum Gasteiger partial charge on any atom is -0.479 e. The first-order chi connectivity index (χ1) is 36.6. The predicted molar refractivity (Wildman–Crippen MR) is 303 cm³/mol. The van der Waals surface area contributed by atoms with Gasteiger partial charge in [-0.3, -0.25) is 14.4 Å². The van der Waals surface area contributed by atoms with Crippen LogP contribution < -0.4 is 0 Å². The Kier molecular flexibility index (Phi) is 46.2. The van der Waals surface area contributed by atoms with Crippen LogP contribution in [0.15, 0.2) is 97.2 Å². The second-order valence-corrected chi connectivity index (χ2v) is 19.5. The van der Waals surface area contributed by atoms with Crippen LogP contribution in [-0.2, 0) is 42.9 Å². The normalized spacial score (nSPS) is 18.9. The van der Waals surface area contributed by atoms with Gasteiger partial charge in [0.2, 0.25) is 0 Å². The van der Waals surface area contributed by atoms with Crippen LogP contribution in [0.1, 0.15) is 226 Å². The molecular weight excluding hydrogens is 949 g/mol. The Morgan fingerprint density at radius 2 is 0.853 bits per heavy atom. The van der Waals surface area contributed by atoms with Gasteiger partial charge in [-0.15, -0.1) is 0 Å². The fourth-order valence-corrected chi connectivity index (χ4v) is 8.24. The number of hydrogen-bond donors (Lipinski definition) is 3. The van der Waals surface area contributed by atoms with Gasteiger partial charge in [-0.2, -0.15) is 0 Å². The molecule has 0 aromatic rings. The molecule has 1 saturated heterocycles. The second-order valence-electron chi connectivity index (χ2n) is 19.5. The molecule has 1 fully saturated rings. The van der Waals surface area contributed by atoms with Gasteiger partial charge in [-0.05, 0) is 89.9 Å². The summed E-state index contributed by atoms with van der Waals surface area (Å²) in [4.78, 5) is 51.0. The van der Waals surface area contributed by atoms with Crippen LogP contribution in [0, 0.1) is 0 Å². The highest BCUT2D eigenvalue weighted by Gasteiger charge is 2.50. The molecule has 6 atom stereocenters. The quantitative estimate of drug-likeness (QED) is 0.0228. The van der Waals surface area contributed by atoms with E-state index in [9.17, 15) is 34.5 Å². The lowest BCUT2D eigenvalue weighted by Crippen LogP contribution is -2.61. The zero-order valence-electron chi connectivity index (χ0n) is 46.8. The fourth-order valence-electron chi connectivity index (χ4n) is 8.24. The average molecular weight is 1050 g/mol. The third-order valence-corrected chi connectivity index (χ3v) is 12.7. The molecule has 426 valence electrons. The maximum Gasteiger partial charge on any atom is 0.335 e. The highest BCUT2D eigenvalue weighted by Crippen LogP contribution is 2.26. The number of aliphatic carboxylic acids is 1. The number of hydrogen-bond acceptors (Lipinski definition) is 11. The lowest BCUT2D eigenvalue weighted by molar-refractivity contribution is -0.301. The molecular formula is C63H102O12. The van der Waals surface area contributed by atoms with E-state index in [1.165, 1.54) is 44.9 Å². The van der Waals surface area contributed by atoms with Gasteiger partial charge < -0.3 is 39.0 Å². The summed E-state index contributed by atoms with van der Waals surface area (Å²) in [5, 5.41) is 31.5. The molecule has 12 nitrogen and oxygen atoms in total. The molecule has 3 N–H and O–H groups in total. The molecule has 6 unspecified atom stereocenters. The minimum absolute atomic E-state index is 0.0405. The fraction of sp³-hybridized carbons (Fsp3) is 0.683. The standard InChI is InChI=1S/C63H102O12/c1-4-7-10-13-16-19-22-24-26-28-30-32-35-37-40-43-46-49-55(64)71-52-54(73-56(65)50-47-44-41-38-34-21-18-15-12-9-6-3)53-72-63-61(59(68)58(67)60(75-63)62(69)70)74-57(66)51-48-45-42-39-36-33-31-29-27-25-23-20-17-14-11-8-5-2/h7-8,10-11,16-17,19-20,24-27,30,32,37,40,54,58-61,63,67-68H,4-6,9,12-15,18,21-23,28-29,31,33-36,38-39,41-53H2,1-3H3,(H,69,70)/b10-7-,11-8-,19-16-,20-17-,26-24-,27-25-,32-30-,40-37-. The van der Waals surface area contributed by atoms with Crippen LogP contribution in [0.2, 0.25) is 0 Å². The van der Waals surface area contributed by atoms with Crippen LogP contribution in [0.5, 0.6) is 0 Å². The van der Waals surface area contributed by atoms with Crippen LogP contribution in [0.3, 0.4) is 0 Å². The Labute approximate surface area is 453 Å². The van der Waals surface area contributed by atoms with Gasteiger partial charge in [0.25, 0.3) is 0 Å². The van der Waals surface area contributed by atoms with Crippen molar-refractivity contribution >= 4 is 23.9 Å². The molecule has 0 radical (unpaired) electrons. The number of aliphatic hydroxyl groups excluding tert-OH is 2. The molecule has 1 rings (SSSR count). The molecule has 1 aliphatic heterocycles. The first kappa shape index (κ1) is 68.7. The van der Waals surface area contributed by atoms with Gasteiger partial charge in [0, 0.05) is 19.3 Å². The van der Waals surface area contributed by atoms with Gasteiger partial charge in [-0.1, -0.05) is 214 Å². The highest BCUT2D eigenvalue weighted by atomic mass is 16.7. The van der Waals surface area contributed by atoms with Gasteiger partial charge in [-0.25, -0.2) is 4.79 Å². The molecule has 12 heteroatoms. The number of allylic oxidation sites excluding steroid dienone is 16. The Balaban J connectivity index is 2.72. The van der Waals surface area contributed by atoms with Crippen molar-refractivity contribution in [2.24, 2.45) is 0 Å². The molecule has 0 aliphatic carbocycles.